The van der Waals surface area contributed by atoms with Crippen LogP contribution in [-0.4, -0.2) is 19.3 Å². The molecule has 4 nitrogen and oxygen atoms in total. The molecule has 1 aromatic carbocycles. The Bertz CT molecular complexity index is 791. The van der Waals surface area contributed by atoms with E-state index in [1.165, 1.54) is 0 Å². The van der Waals surface area contributed by atoms with Crippen molar-refractivity contribution in [3.8, 4) is 5.69 Å². The Hall–Kier alpha value is -1.88. The van der Waals surface area contributed by atoms with E-state index < -0.39 is 0 Å². The van der Waals surface area contributed by atoms with Gasteiger partial charge in [-0.2, -0.15) is 5.10 Å². The van der Waals surface area contributed by atoms with Gasteiger partial charge in [0.1, 0.15) is 0 Å². The van der Waals surface area contributed by atoms with Gasteiger partial charge in [-0.05, 0) is 38.2 Å². The second-order valence-electron chi connectivity index (χ2n) is 4.43. The second-order valence-corrected chi connectivity index (χ2v) is 4.81. The Morgan fingerprint density at radius 1 is 1.22 bits per heavy atom. The maximum Gasteiger partial charge on any atom is 0.182 e. The van der Waals surface area contributed by atoms with Crippen molar-refractivity contribution in [2.45, 2.75) is 13.8 Å². The molecule has 0 radical (unpaired) electrons. The maximum absolute atomic E-state index is 5.43. The van der Waals surface area contributed by atoms with Gasteiger partial charge >= 0.3 is 0 Å². The lowest BCUT2D eigenvalue weighted by atomic mass is 10.2. The van der Waals surface area contributed by atoms with Gasteiger partial charge in [0.15, 0.2) is 4.77 Å². The fourth-order valence-electron chi connectivity index (χ4n) is 2.36. The first-order valence-electron chi connectivity index (χ1n) is 5.80. The van der Waals surface area contributed by atoms with Crippen LogP contribution in [-0.2, 0) is 7.05 Å². The number of para-hydroxylation sites is 2. The van der Waals surface area contributed by atoms with E-state index in [4.69, 9.17) is 12.2 Å². The minimum absolute atomic E-state index is 0.704. The predicted octanol–water partition coefficient (Wildman–Crippen LogP) is 3.04. The van der Waals surface area contributed by atoms with Crippen LogP contribution in [0, 0.1) is 18.6 Å². The van der Waals surface area contributed by atoms with Crippen LogP contribution in [0.1, 0.15) is 11.4 Å². The molecule has 1 N–H and O–H groups in total. The first kappa shape index (κ1) is 11.2. The fourth-order valence-corrected chi connectivity index (χ4v) is 2.66. The molecule has 0 unspecified atom stereocenters. The number of aromatic amines is 1. The highest BCUT2D eigenvalue weighted by Crippen LogP contribution is 2.24. The number of hydrogen-bond donors (Lipinski definition) is 1. The van der Waals surface area contributed by atoms with E-state index in [0.29, 0.717) is 4.77 Å². The number of nitrogens with one attached hydrogen (secondary N) is 1. The van der Waals surface area contributed by atoms with Gasteiger partial charge in [0.2, 0.25) is 0 Å². The smallest absolute Gasteiger partial charge is 0.182 e. The summed E-state index contributed by atoms with van der Waals surface area (Å²) in [5.41, 5.74) is 5.29. The van der Waals surface area contributed by atoms with Crippen molar-refractivity contribution in [2.75, 3.05) is 0 Å². The molecular formula is C13H14N4S. The van der Waals surface area contributed by atoms with Gasteiger partial charge in [0.25, 0.3) is 0 Å². The Kier molecular flexibility index (Phi) is 2.38. The minimum Gasteiger partial charge on any atom is -0.330 e. The number of nitrogens with zero attached hydrogens (tertiary/aromatic N) is 3. The van der Waals surface area contributed by atoms with Gasteiger partial charge < -0.3 is 4.98 Å². The normalized spacial score (nSPS) is 11.3. The molecule has 0 saturated heterocycles. The SMILES string of the molecule is Cc1nn(C)c(C)c1-n1c(=S)[nH]c2ccccc21. The third kappa shape index (κ3) is 1.44. The molecule has 5 heteroatoms. The summed E-state index contributed by atoms with van der Waals surface area (Å²) in [6.45, 7) is 4.06. The van der Waals surface area contributed by atoms with Gasteiger partial charge in [-0.1, -0.05) is 12.1 Å². The average Bonchev–Trinajstić information content (AvgIpc) is 2.77. The number of aryl methyl sites for hydroxylation is 2. The first-order valence-corrected chi connectivity index (χ1v) is 6.20. The van der Waals surface area contributed by atoms with Crippen LogP contribution in [0.2, 0.25) is 0 Å². The van der Waals surface area contributed by atoms with E-state index in [1.807, 2.05) is 36.9 Å². The zero-order valence-corrected chi connectivity index (χ0v) is 11.4. The molecule has 3 rings (SSSR count). The second kappa shape index (κ2) is 3.81. The number of aromatic nitrogens is 4. The van der Waals surface area contributed by atoms with Crippen molar-refractivity contribution < 1.29 is 0 Å². The van der Waals surface area contributed by atoms with Crippen LogP contribution in [0.15, 0.2) is 24.3 Å². The van der Waals surface area contributed by atoms with Crippen LogP contribution in [0.5, 0.6) is 0 Å². The summed E-state index contributed by atoms with van der Waals surface area (Å²) >= 11 is 5.43. The summed E-state index contributed by atoms with van der Waals surface area (Å²) in [5, 5.41) is 4.45. The molecule has 2 aromatic heterocycles. The van der Waals surface area contributed by atoms with Crippen molar-refractivity contribution in [3.05, 3.63) is 40.4 Å². The highest BCUT2D eigenvalue weighted by Gasteiger charge is 2.14. The number of rotatable bonds is 1. The number of H-pyrrole nitrogens is 1. The van der Waals surface area contributed by atoms with Crippen molar-refractivity contribution >= 4 is 23.3 Å². The first-order chi connectivity index (χ1) is 8.59. The van der Waals surface area contributed by atoms with Gasteiger partial charge in [-0.3, -0.25) is 9.25 Å². The zero-order valence-electron chi connectivity index (χ0n) is 10.6. The summed E-state index contributed by atoms with van der Waals surface area (Å²) in [7, 11) is 1.95. The van der Waals surface area contributed by atoms with E-state index in [1.54, 1.807) is 0 Å². The predicted molar refractivity (Wildman–Crippen MR) is 74.7 cm³/mol. The highest BCUT2D eigenvalue weighted by atomic mass is 32.1. The van der Waals surface area contributed by atoms with Gasteiger partial charge in [0, 0.05) is 7.05 Å². The van der Waals surface area contributed by atoms with Gasteiger partial charge in [0.05, 0.1) is 28.1 Å². The molecule has 0 bridgehead atoms. The van der Waals surface area contributed by atoms with Crippen LogP contribution in [0.25, 0.3) is 16.7 Å². The lowest BCUT2D eigenvalue weighted by Gasteiger charge is -2.04. The summed E-state index contributed by atoms with van der Waals surface area (Å²) in [6.07, 6.45) is 0. The Balaban J connectivity index is 2.45. The molecule has 18 heavy (non-hydrogen) atoms. The van der Waals surface area contributed by atoms with Crippen LogP contribution >= 0.6 is 12.2 Å². The van der Waals surface area contributed by atoms with E-state index in [0.717, 1.165) is 28.1 Å². The molecule has 0 aliphatic heterocycles. The van der Waals surface area contributed by atoms with Crippen molar-refractivity contribution in [2.24, 2.45) is 7.05 Å². The monoisotopic (exact) mass is 258 g/mol. The topological polar surface area (TPSA) is 38.5 Å². The van der Waals surface area contributed by atoms with Crippen molar-refractivity contribution in [3.63, 3.8) is 0 Å². The number of hydrogen-bond acceptors (Lipinski definition) is 2. The zero-order chi connectivity index (χ0) is 12.9. The van der Waals surface area contributed by atoms with E-state index >= 15 is 0 Å². The standard InChI is InChI=1S/C13H14N4S/c1-8-12(9(2)16(3)15-8)17-11-7-5-4-6-10(11)14-13(17)18/h4-7H,1-3H3,(H,14,18). The molecule has 0 fully saturated rings. The summed E-state index contributed by atoms with van der Waals surface area (Å²) in [5.74, 6) is 0. The summed E-state index contributed by atoms with van der Waals surface area (Å²) < 4.78 is 4.65. The molecular weight excluding hydrogens is 244 g/mol. The van der Waals surface area contributed by atoms with Crippen molar-refractivity contribution in [1.82, 2.24) is 19.3 Å². The number of fused-ring (bicyclic) bond motifs is 1. The summed E-state index contributed by atoms with van der Waals surface area (Å²) in [6, 6.07) is 8.11. The summed E-state index contributed by atoms with van der Waals surface area (Å²) in [4.78, 5) is 3.23. The Morgan fingerprint density at radius 3 is 2.61 bits per heavy atom. The van der Waals surface area contributed by atoms with E-state index in [-0.39, 0.29) is 0 Å². The lowest BCUT2D eigenvalue weighted by molar-refractivity contribution is 0.730. The Morgan fingerprint density at radius 2 is 1.94 bits per heavy atom. The molecule has 3 aromatic rings. The minimum atomic E-state index is 0.704. The third-order valence-corrected chi connectivity index (χ3v) is 3.57. The highest BCUT2D eigenvalue weighted by molar-refractivity contribution is 7.71. The van der Waals surface area contributed by atoms with Crippen molar-refractivity contribution in [1.29, 1.82) is 0 Å². The number of benzene rings is 1. The lowest BCUT2D eigenvalue weighted by Crippen LogP contribution is -1.98. The van der Waals surface area contributed by atoms with Crippen LogP contribution < -0.4 is 0 Å². The fraction of sp³-hybridized carbons (Fsp3) is 0.231. The third-order valence-electron chi connectivity index (χ3n) is 3.28. The molecule has 0 saturated carbocycles. The Labute approximate surface area is 110 Å². The van der Waals surface area contributed by atoms with E-state index in [9.17, 15) is 0 Å². The largest absolute Gasteiger partial charge is 0.330 e. The van der Waals surface area contributed by atoms with Crippen LogP contribution in [0.4, 0.5) is 0 Å². The van der Waals surface area contributed by atoms with Gasteiger partial charge in [-0.25, -0.2) is 0 Å². The molecule has 0 amide bonds. The maximum atomic E-state index is 5.43. The average molecular weight is 258 g/mol. The number of imidazole rings is 1. The quantitative estimate of drug-likeness (QED) is 0.681. The van der Waals surface area contributed by atoms with Gasteiger partial charge in [-0.15, -0.1) is 0 Å². The molecule has 0 aliphatic carbocycles. The molecule has 2 heterocycles. The molecule has 92 valence electrons. The molecule has 0 aliphatic rings. The molecule has 0 spiro atoms. The van der Waals surface area contributed by atoms with Crippen LogP contribution in [0.3, 0.4) is 0 Å². The molecule has 0 atom stereocenters. The van der Waals surface area contributed by atoms with E-state index in [2.05, 4.69) is 27.6 Å².